The standard InChI is InChI=1S/C14H21FN4/c1-3-18-6-7-19(9-10(18)2)13-5-4-11(14(16)17)8-12(13)15/h4-5,8,10H,3,6-7,9H2,1-2H3,(H3,16,17). The molecule has 4 nitrogen and oxygen atoms in total. The molecule has 1 heterocycles. The highest BCUT2D eigenvalue weighted by molar-refractivity contribution is 5.95. The maximum Gasteiger partial charge on any atom is 0.147 e. The Balaban J connectivity index is 2.17. The van der Waals surface area contributed by atoms with Gasteiger partial charge in [0, 0.05) is 31.2 Å². The lowest BCUT2D eigenvalue weighted by Crippen LogP contribution is -2.52. The smallest absolute Gasteiger partial charge is 0.147 e. The van der Waals surface area contributed by atoms with Crippen LogP contribution in [-0.2, 0) is 0 Å². The van der Waals surface area contributed by atoms with E-state index in [9.17, 15) is 4.39 Å². The van der Waals surface area contributed by atoms with Crippen molar-refractivity contribution in [3.8, 4) is 0 Å². The van der Waals surface area contributed by atoms with Gasteiger partial charge in [0.1, 0.15) is 11.7 Å². The van der Waals surface area contributed by atoms with Gasteiger partial charge in [0.15, 0.2) is 0 Å². The van der Waals surface area contributed by atoms with E-state index >= 15 is 0 Å². The Hall–Kier alpha value is -1.62. The molecule has 2 rings (SSSR count). The summed E-state index contributed by atoms with van der Waals surface area (Å²) in [5, 5.41) is 7.32. The van der Waals surface area contributed by atoms with E-state index in [0.29, 0.717) is 17.3 Å². The first-order valence-corrected chi connectivity index (χ1v) is 6.66. The average molecular weight is 264 g/mol. The Kier molecular flexibility index (Phi) is 4.04. The Morgan fingerprint density at radius 2 is 2.21 bits per heavy atom. The summed E-state index contributed by atoms with van der Waals surface area (Å²) in [4.78, 5) is 4.45. The van der Waals surface area contributed by atoms with Crippen molar-refractivity contribution in [3.05, 3.63) is 29.6 Å². The molecule has 0 amide bonds. The lowest BCUT2D eigenvalue weighted by Gasteiger charge is -2.40. The van der Waals surface area contributed by atoms with Crippen molar-refractivity contribution >= 4 is 11.5 Å². The van der Waals surface area contributed by atoms with E-state index in [0.717, 1.165) is 26.2 Å². The third-order valence-corrected chi connectivity index (χ3v) is 3.77. The van der Waals surface area contributed by atoms with Crippen molar-refractivity contribution in [1.82, 2.24) is 4.90 Å². The van der Waals surface area contributed by atoms with Crippen LogP contribution in [0.5, 0.6) is 0 Å². The molecule has 3 N–H and O–H groups in total. The molecule has 104 valence electrons. The Bertz CT molecular complexity index is 475. The van der Waals surface area contributed by atoms with Crippen LogP contribution in [0.25, 0.3) is 0 Å². The van der Waals surface area contributed by atoms with Crippen LogP contribution in [0, 0.1) is 11.2 Å². The third-order valence-electron chi connectivity index (χ3n) is 3.77. The van der Waals surface area contributed by atoms with Crippen molar-refractivity contribution in [3.63, 3.8) is 0 Å². The zero-order chi connectivity index (χ0) is 14.0. The van der Waals surface area contributed by atoms with Crippen LogP contribution < -0.4 is 10.6 Å². The monoisotopic (exact) mass is 264 g/mol. The summed E-state index contributed by atoms with van der Waals surface area (Å²) in [5.41, 5.74) is 6.40. The highest BCUT2D eigenvalue weighted by Gasteiger charge is 2.24. The minimum absolute atomic E-state index is 0.102. The van der Waals surface area contributed by atoms with Gasteiger partial charge in [-0.15, -0.1) is 0 Å². The summed E-state index contributed by atoms with van der Waals surface area (Å²) >= 11 is 0. The molecule has 0 saturated carbocycles. The minimum Gasteiger partial charge on any atom is -0.384 e. The number of nitrogens with zero attached hydrogens (tertiary/aromatic N) is 2. The van der Waals surface area contributed by atoms with Gasteiger partial charge in [-0.3, -0.25) is 10.3 Å². The second-order valence-corrected chi connectivity index (χ2v) is 5.00. The summed E-state index contributed by atoms with van der Waals surface area (Å²) in [5.74, 6) is -0.403. The zero-order valence-electron chi connectivity index (χ0n) is 11.5. The van der Waals surface area contributed by atoms with Gasteiger partial charge in [0.05, 0.1) is 5.69 Å². The summed E-state index contributed by atoms with van der Waals surface area (Å²) in [6, 6.07) is 5.19. The van der Waals surface area contributed by atoms with Gasteiger partial charge in [-0.1, -0.05) is 6.92 Å². The van der Waals surface area contributed by atoms with Crippen molar-refractivity contribution < 1.29 is 4.39 Å². The maximum absolute atomic E-state index is 14.1. The Morgan fingerprint density at radius 3 is 2.74 bits per heavy atom. The number of benzene rings is 1. The fourth-order valence-electron chi connectivity index (χ4n) is 2.61. The van der Waals surface area contributed by atoms with Gasteiger partial charge in [0.25, 0.3) is 0 Å². The normalized spacial score (nSPS) is 20.6. The molecule has 1 aliphatic rings. The van der Waals surface area contributed by atoms with E-state index in [4.69, 9.17) is 11.1 Å². The predicted octanol–water partition coefficient (Wildman–Crippen LogP) is 1.64. The number of nitrogens with two attached hydrogens (primary N) is 1. The van der Waals surface area contributed by atoms with Gasteiger partial charge < -0.3 is 10.6 Å². The molecule has 0 bridgehead atoms. The number of anilines is 1. The number of piperazine rings is 1. The summed E-state index contributed by atoms with van der Waals surface area (Å²) in [6.45, 7) is 7.94. The topological polar surface area (TPSA) is 56.4 Å². The molecule has 0 radical (unpaired) electrons. The van der Waals surface area contributed by atoms with Crippen LogP contribution in [-0.4, -0.2) is 43.0 Å². The first-order chi connectivity index (χ1) is 9.02. The molecule has 0 aliphatic carbocycles. The van der Waals surface area contributed by atoms with Crippen LogP contribution in [0.3, 0.4) is 0 Å². The van der Waals surface area contributed by atoms with E-state index in [1.165, 1.54) is 6.07 Å². The number of amidine groups is 1. The van der Waals surface area contributed by atoms with Gasteiger partial charge in [-0.05, 0) is 31.7 Å². The molecular weight excluding hydrogens is 243 g/mol. The second-order valence-electron chi connectivity index (χ2n) is 5.00. The Labute approximate surface area is 113 Å². The number of halogens is 1. The summed E-state index contributed by atoms with van der Waals surface area (Å²) in [7, 11) is 0. The molecule has 1 atom stereocenters. The fraction of sp³-hybridized carbons (Fsp3) is 0.500. The lowest BCUT2D eigenvalue weighted by atomic mass is 10.1. The maximum atomic E-state index is 14.1. The van der Waals surface area contributed by atoms with E-state index < -0.39 is 0 Å². The summed E-state index contributed by atoms with van der Waals surface area (Å²) < 4.78 is 14.1. The number of nitrogen functional groups attached to an aromatic ring is 1. The van der Waals surface area contributed by atoms with Gasteiger partial charge in [0.2, 0.25) is 0 Å². The molecule has 0 spiro atoms. The number of hydrogen-bond acceptors (Lipinski definition) is 3. The van der Waals surface area contributed by atoms with Crippen molar-refractivity contribution in [2.75, 3.05) is 31.1 Å². The van der Waals surface area contributed by atoms with E-state index in [2.05, 4.69) is 23.6 Å². The highest BCUT2D eigenvalue weighted by atomic mass is 19.1. The van der Waals surface area contributed by atoms with Gasteiger partial charge >= 0.3 is 0 Å². The number of hydrogen-bond donors (Lipinski definition) is 2. The SMILES string of the molecule is CCN1CCN(c2ccc(C(=N)N)cc2F)CC1C. The van der Waals surface area contributed by atoms with E-state index in [1.54, 1.807) is 12.1 Å². The van der Waals surface area contributed by atoms with E-state index in [1.807, 2.05) is 0 Å². The highest BCUT2D eigenvalue weighted by Crippen LogP contribution is 2.23. The summed E-state index contributed by atoms with van der Waals surface area (Å²) in [6.07, 6.45) is 0. The number of rotatable bonds is 3. The van der Waals surface area contributed by atoms with Gasteiger partial charge in [-0.25, -0.2) is 4.39 Å². The molecule has 1 aromatic rings. The fourth-order valence-corrected chi connectivity index (χ4v) is 2.61. The number of nitrogens with one attached hydrogen (secondary N) is 1. The molecule has 1 aliphatic heterocycles. The zero-order valence-corrected chi connectivity index (χ0v) is 11.5. The quantitative estimate of drug-likeness (QED) is 0.644. The average Bonchev–Trinajstić information content (AvgIpc) is 2.38. The molecule has 1 aromatic carbocycles. The van der Waals surface area contributed by atoms with Crippen LogP contribution in [0.4, 0.5) is 10.1 Å². The van der Waals surface area contributed by atoms with E-state index in [-0.39, 0.29) is 11.7 Å². The van der Waals surface area contributed by atoms with Crippen LogP contribution in [0.1, 0.15) is 19.4 Å². The molecule has 1 saturated heterocycles. The van der Waals surface area contributed by atoms with Gasteiger partial charge in [-0.2, -0.15) is 0 Å². The van der Waals surface area contributed by atoms with Crippen molar-refractivity contribution in [2.45, 2.75) is 19.9 Å². The predicted molar refractivity (Wildman–Crippen MR) is 76.3 cm³/mol. The third kappa shape index (κ3) is 2.87. The van der Waals surface area contributed by atoms with Crippen LogP contribution >= 0.6 is 0 Å². The molecule has 1 fully saturated rings. The van der Waals surface area contributed by atoms with Crippen LogP contribution in [0.15, 0.2) is 18.2 Å². The lowest BCUT2D eigenvalue weighted by molar-refractivity contribution is 0.199. The molecule has 1 unspecified atom stereocenters. The molecule has 19 heavy (non-hydrogen) atoms. The minimum atomic E-state index is -0.301. The second kappa shape index (κ2) is 5.57. The molecular formula is C14H21FN4. The van der Waals surface area contributed by atoms with Crippen molar-refractivity contribution in [2.24, 2.45) is 5.73 Å². The first kappa shape index (κ1) is 13.8. The first-order valence-electron chi connectivity index (χ1n) is 6.66. The largest absolute Gasteiger partial charge is 0.384 e. The molecule has 0 aromatic heterocycles. The molecule has 5 heteroatoms. The Morgan fingerprint density at radius 1 is 1.47 bits per heavy atom. The van der Waals surface area contributed by atoms with Crippen molar-refractivity contribution in [1.29, 1.82) is 5.41 Å². The van der Waals surface area contributed by atoms with Crippen LogP contribution in [0.2, 0.25) is 0 Å². The number of likely N-dealkylation sites (N-methyl/N-ethyl adjacent to an activating group) is 1.